The number of amides is 1. The molecule has 3 rings (SSSR count). The molecule has 2 heterocycles. The lowest BCUT2D eigenvalue weighted by atomic mass is 9.93. The molecule has 1 aliphatic carbocycles. The number of carbonyl (C=O) groups excluding carboxylic acids is 1. The van der Waals surface area contributed by atoms with Gasteiger partial charge in [-0.3, -0.25) is 4.79 Å². The second-order valence-electron chi connectivity index (χ2n) is 6.22. The zero-order valence-corrected chi connectivity index (χ0v) is 12.5. The SMILES string of the molecule is CC1CCC(C(N)=O)CN1c1ncc(CNC2CC2)cn1. The number of primary amides is 1. The Morgan fingerprint density at radius 2 is 2.05 bits per heavy atom. The molecule has 6 nitrogen and oxygen atoms in total. The highest BCUT2D eigenvalue weighted by Crippen LogP contribution is 2.25. The predicted molar refractivity (Wildman–Crippen MR) is 80.6 cm³/mol. The number of nitrogens with one attached hydrogen (secondary N) is 1. The van der Waals surface area contributed by atoms with Crippen LogP contribution in [-0.2, 0) is 11.3 Å². The van der Waals surface area contributed by atoms with Crippen molar-refractivity contribution in [2.75, 3.05) is 11.4 Å². The summed E-state index contributed by atoms with van der Waals surface area (Å²) < 4.78 is 0. The Morgan fingerprint density at radius 1 is 1.33 bits per heavy atom. The number of carbonyl (C=O) groups is 1. The van der Waals surface area contributed by atoms with E-state index in [-0.39, 0.29) is 11.8 Å². The van der Waals surface area contributed by atoms with Gasteiger partial charge in [0.15, 0.2) is 0 Å². The molecule has 0 bridgehead atoms. The van der Waals surface area contributed by atoms with Crippen LogP contribution in [0.5, 0.6) is 0 Å². The molecule has 2 fully saturated rings. The number of aromatic nitrogens is 2. The lowest BCUT2D eigenvalue weighted by Gasteiger charge is -2.36. The molecule has 2 aliphatic rings. The molecule has 114 valence electrons. The molecular formula is C15H23N5O. The monoisotopic (exact) mass is 289 g/mol. The number of hydrogen-bond acceptors (Lipinski definition) is 5. The van der Waals surface area contributed by atoms with E-state index in [2.05, 4.69) is 27.1 Å². The molecule has 1 saturated carbocycles. The third-order valence-electron chi connectivity index (χ3n) is 4.41. The van der Waals surface area contributed by atoms with Crippen LogP contribution in [0.3, 0.4) is 0 Å². The Balaban J connectivity index is 1.64. The van der Waals surface area contributed by atoms with Gasteiger partial charge in [-0.05, 0) is 32.6 Å². The van der Waals surface area contributed by atoms with Crippen LogP contribution < -0.4 is 16.0 Å². The first-order chi connectivity index (χ1) is 10.1. The van der Waals surface area contributed by atoms with Crippen LogP contribution in [0, 0.1) is 5.92 Å². The van der Waals surface area contributed by atoms with E-state index in [1.807, 2.05) is 12.4 Å². The molecule has 6 heteroatoms. The summed E-state index contributed by atoms with van der Waals surface area (Å²) in [6.45, 7) is 3.59. The number of hydrogen-bond donors (Lipinski definition) is 2. The topological polar surface area (TPSA) is 84.1 Å². The molecular weight excluding hydrogens is 266 g/mol. The second-order valence-corrected chi connectivity index (χ2v) is 6.22. The normalized spacial score (nSPS) is 25.9. The summed E-state index contributed by atoms with van der Waals surface area (Å²) in [7, 11) is 0. The smallest absolute Gasteiger partial charge is 0.225 e. The van der Waals surface area contributed by atoms with Crippen LogP contribution >= 0.6 is 0 Å². The Morgan fingerprint density at radius 3 is 2.67 bits per heavy atom. The number of anilines is 1. The van der Waals surface area contributed by atoms with Gasteiger partial charge in [-0.15, -0.1) is 0 Å². The quantitative estimate of drug-likeness (QED) is 0.838. The van der Waals surface area contributed by atoms with Gasteiger partial charge in [-0.2, -0.15) is 0 Å². The Hall–Kier alpha value is -1.69. The van der Waals surface area contributed by atoms with Crippen molar-refractivity contribution in [3.63, 3.8) is 0 Å². The molecule has 0 radical (unpaired) electrons. The highest BCUT2D eigenvalue weighted by molar-refractivity contribution is 5.77. The van der Waals surface area contributed by atoms with Crippen molar-refractivity contribution in [1.82, 2.24) is 15.3 Å². The number of nitrogens with zero attached hydrogens (tertiary/aromatic N) is 3. The predicted octanol–water partition coefficient (Wildman–Crippen LogP) is 0.819. The van der Waals surface area contributed by atoms with Crippen LogP contribution in [0.2, 0.25) is 0 Å². The fourth-order valence-corrected chi connectivity index (χ4v) is 2.76. The van der Waals surface area contributed by atoms with Gasteiger partial charge in [-0.1, -0.05) is 0 Å². The van der Waals surface area contributed by atoms with Crippen LogP contribution in [-0.4, -0.2) is 34.5 Å². The first-order valence-electron chi connectivity index (χ1n) is 7.73. The summed E-state index contributed by atoms with van der Waals surface area (Å²) in [5.41, 5.74) is 6.53. The van der Waals surface area contributed by atoms with E-state index in [0.29, 0.717) is 24.6 Å². The molecule has 1 saturated heterocycles. The fourth-order valence-electron chi connectivity index (χ4n) is 2.76. The molecule has 1 aromatic rings. The van der Waals surface area contributed by atoms with E-state index in [9.17, 15) is 4.79 Å². The Bertz CT molecular complexity index is 499. The zero-order chi connectivity index (χ0) is 14.8. The zero-order valence-electron chi connectivity index (χ0n) is 12.5. The summed E-state index contributed by atoms with van der Waals surface area (Å²) in [6.07, 6.45) is 8.10. The van der Waals surface area contributed by atoms with E-state index in [0.717, 1.165) is 24.9 Å². The summed E-state index contributed by atoms with van der Waals surface area (Å²) in [5, 5.41) is 3.45. The maximum atomic E-state index is 11.4. The molecule has 2 unspecified atom stereocenters. The lowest BCUT2D eigenvalue weighted by molar-refractivity contribution is -0.122. The third kappa shape index (κ3) is 3.50. The van der Waals surface area contributed by atoms with Crippen molar-refractivity contribution in [3.8, 4) is 0 Å². The van der Waals surface area contributed by atoms with E-state index >= 15 is 0 Å². The van der Waals surface area contributed by atoms with Gasteiger partial charge in [0.05, 0.1) is 5.92 Å². The second kappa shape index (κ2) is 5.97. The molecule has 21 heavy (non-hydrogen) atoms. The minimum atomic E-state index is -0.225. The number of nitrogens with two attached hydrogens (primary N) is 1. The number of rotatable bonds is 5. The summed E-state index contributed by atoms with van der Waals surface area (Å²) in [5.74, 6) is 0.377. The average molecular weight is 289 g/mol. The van der Waals surface area contributed by atoms with Crippen LogP contribution in [0.25, 0.3) is 0 Å². The first kappa shape index (κ1) is 14.3. The molecule has 1 aliphatic heterocycles. The highest BCUT2D eigenvalue weighted by atomic mass is 16.1. The van der Waals surface area contributed by atoms with Crippen LogP contribution in [0.15, 0.2) is 12.4 Å². The first-order valence-corrected chi connectivity index (χ1v) is 7.73. The van der Waals surface area contributed by atoms with Crippen molar-refractivity contribution < 1.29 is 4.79 Å². The summed E-state index contributed by atoms with van der Waals surface area (Å²) >= 11 is 0. The van der Waals surface area contributed by atoms with Crippen molar-refractivity contribution in [3.05, 3.63) is 18.0 Å². The van der Waals surface area contributed by atoms with E-state index in [1.54, 1.807) is 0 Å². The molecule has 2 atom stereocenters. The van der Waals surface area contributed by atoms with Gasteiger partial charge in [0.1, 0.15) is 0 Å². The fraction of sp³-hybridized carbons (Fsp3) is 0.667. The van der Waals surface area contributed by atoms with Crippen LogP contribution in [0.1, 0.15) is 38.2 Å². The maximum absolute atomic E-state index is 11.4. The van der Waals surface area contributed by atoms with E-state index < -0.39 is 0 Å². The van der Waals surface area contributed by atoms with Gasteiger partial charge in [0, 0.05) is 43.1 Å². The van der Waals surface area contributed by atoms with Crippen LogP contribution in [0.4, 0.5) is 5.95 Å². The summed E-state index contributed by atoms with van der Waals surface area (Å²) in [4.78, 5) is 22.4. The minimum absolute atomic E-state index is 0.0963. The lowest BCUT2D eigenvalue weighted by Crippen LogP contribution is -2.46. The molecule has 0 spiro atoms. The standard InChI is InChI=1S/C15H23N5O/c1-10-2-3-12(14(16)21)9-20(10)15-18-7-11(8-19-15)6-17-13-4-5-13/h7-8,10,12-13,17H,2-6,9H2,1H3,(H2,16,21). The minimum Gasteiger partial charge on any atom is -0.369 e. The van der Waals surface area contributed by atoms with Gasteiger partial charge in [-0.25, -0.2) is 9.97 Å². The van der Waals surface area contributed by atoms with Crippen molar-refractivity contribution >= 4 is 11.9 Å². The van der Waals surface area contributed by atoms with Crippen molar-refractivity contribution in [1.29, 1.82) is 0 Å². The van der Waals surface area contributed by atoms with Gasteiger partial charge in [0.2, 0.25) is 11.9 Å². The Kier molecular flexibility index (Phi) is 4.05. The van der Waals surface area contributed by atoms with Crippen molar-refractivity contribution in [2.24, 2.45) is 11.7 Å². The largest absolute Gasteiger partial charge is 0.369 e. The van der Waals surface area contributed by atoms with E-state index in [4.69, 9.17) is 5.73 Å². The van der Waals surface area contributed by atoms with Crippen molar-refractivity contribution in [2.45, 2.75) is 51.2 Å². The van der Waals surface area contributed by atoms with Gasteiger partial charge in [0.25, 0.3) is 0 Å². The van der Waals surface area contributed by atoms with Gasteiger partial charge >= 0.3 is 0 Å². The van der Waals surface area contributed by atoms with E-state index in [1.165, 1.54) is 12.8 Å². The Labute approximate surface area is 125 Å². The number of piperidine rings is 1. The maximum Gasteiger partial charge on any atom is 0.225 e. The average Bonchev–Trinajstić information content (AvgIpc) is 3.30. The molecule has 0 aromatic carbocycles. The highest BCUT2D eigenvalue weighted by Gasteiger charge is 2.30. The summed E-state index contributed by atoms with van der Waals surface area (Å²) in [6, 6.07) is 1.03. The molecule has 1 aromatic heterocycles. The molecule has 1 amide bonds. The molecule has 3 N–H and O–H groups in total. The van der Waals surface area contributed by atoms with Gasteiger partial charge < -0.3 is 16.0 Å². The third-order valence-corrected chi connectivity index (χ3v) is 4.41.